The number of hydrogen-bond acceptors (Lipinski definition) is 5. The van der Waals surface area contributed by atoms with E-state index in [9.17, 15) is 13.2 Å². The van der Waals surface area contributed by atoms with Gasteiger partial charge in [-0.2, -0.15) is 17.1 Å². The van der Waals surface area contributed by atoms with Gasteiger partial charge in [-0.15, -0.1) is 0 Å². The summed E-state index contributed by atoms with van der Waals surface area (Å²) in [6.07, 6.45) is -0.488. The fourth-order valence-corrected chi connectivity index (χ4v) is 1.37. The van der Waals surface area contributed by atoms with Crippen LogP contribution in [0.2, 0.25) is 0 Å². The summed E-state index contributed by atoms with van der Waals surface area (Å²) < 4.78 is 33.6. The molecule has 0 aliphatic heterocycles. The van der Waals surface area contributed by atoms with Crippen molar-refractivity contribution < 1.29 is 26.4 Å². The Balaban J connectivity index is 3.84. The lowest BCUT2D eigenvalue weighted by atomic mass is 10.5. The van der Waals surface area contributed by atoms with E-state index in [0.717, 1.165) is 11.0 Å². The molecule has 1 radical (unpaired) electrons. The molecule has 1 amide bonds. The average Bonchev–Trinajstić information content (AvgIpc) is 2.10. The Morgan fingerprint density at radius 3 is 2.47 bits per heavy atom. The maximum atomic E-state index is 11.3. The van der Waals surface area contributed by atoms with E-state index < -0.39 is 22.0 Å². The highest BCUT2D eigenvalue weighted by molar-refractivity contribution is 8.66. The van der Waals surface area contributed by atoms with Crippen molar-refractivity contribution in [1.82, 2.24) is 0 Å². The minimum Gasteiger partial charge on any atom is -0.419 e. The van der Waals surface area contributed by atoms with Crippen LogP contribution in [0.5, 0.6) is 0 Å². The Bertz CT molecular complexity index is 313. The second kappa shape index (κ2) is 5.94. The summed E-state index contributed by atoms with van der Waals surface area (Å²) in [5.41, 5.74) is 0. The predicted molar refractivity (Wildman–Crippen MR) is 59.7 cm³/mol. The molecule has 0 unspecified atom stereocenters. The number of amides is 1. The predicted octanol–water partition coefficient (Wildman–Crippen LogP) is 1.24. The van der Waals surface area contributed by atoms with Crippen LogP contribution in [0.1, 0.15) is 6.42 Å². The number of carbonyl (C=O) groups excluding carboxylic acids is 1. The second-order valence-corrected chi connectivity index (χ2v) is 6.26. The highest BCUT2D eigenvalue weighted by Crippen LogP contribution is 2.21. The molecule has 0 saturated heterocycles. The van der Waals surface area contributed by atoms with Crippen molar-refractivity contribution in [3.63, 3.8) is 0 Å². The van der Waals surface area contributed by atoms with Crippen molar-refractivity contribution >= 4 is 38.9 Å². The van der Waals surface area contributed by atoms with Crippen molar-refractivity contribution in [1.29, 1.82) is 0 Å². The molecule has 0 aliphatic rings. The standard InChI is InChI=1S/C6H12NO5S3/c1-7(2,14-13)6(8)12-4-3-5-15(9,10)11/h3-5H2,1-2H3/p+1. The van der Waals surface area contributed by atoms with E-state index in [1.807, 2.05) is 0 Å². The van der Waals surface area contributed by atoms with E-state index in [4.69, 9.17) is 9.29 Å². The zero-order valence-electron chi connectivity index (χ0n) is 8.37. The molecule has 9 heteroatoms. The highest BCUT2D eigenvalue weighted by Gasteiger charge is 2.29. The van der Waals surface area contributed by atoms with Crippen LogP contribution in [0.3, 0.4) is 0 Å². The molecule has 89 valence electrons. The van der Waals surface area contributed by atoms with Gasteiger partial charge in [0.15, 0.2) is 11.0 Å². The van der Waals surface area contributed by atoms with Crippen molar-refractivity contribution in [3.8, 4) is 0 Å². The number of quaternary nitrogens is 1. The lowest BCUT2D eigenvalue weighted by Crippen LogP contribution is -2.38. The van der Waals surface area contributed by atoms with Crippen LogP contribution in [-0.2, 0) is 14.9 Å². The molecule has 0 heterocycles. The molecule has 0 aromatic carbocycles. The maximum absolute atomic E-state index is 11.3. The molecule has 1 N–H and O–H groups in total. The number of carbonyl (C=O) groups is 1. The fourth-order valence-electron chi connectivity index (χ4n) is 0.587. The van der Waals surface area contributed by atoms with E-state index >= 15 is 0 Å². The van der Waals surface area contributed by atoms with Crippen LogP contribution in [0.15, 0.2) is 0 Å². The molecule has 0 atom stereocenters. The van der Waals surface area contributed by atoms with Gasteiger partial charge < -0.3 is 4.74 Å². The molecule has 6 nitrogen and oxygen atoms in total. The molecule has 0 aliphatic carbocycles. The first-order valence-electron chi connectivity index (χ1n) is 3.97. The summed E-state index contributed by atoms with van der Waals surface area (Å²) in [4.78, 5) is 11.3. The second-order valence-electron chi connectivity index (χ2n) is 3.18. The largest absolute Gasteiger partial charge is 0.528 e. The van der Waals surface area contributed by atoms with Crippen LogP contribution >= 0.6 is 22.6 Å². The van der Waals surface area contributed by atoms with Gasteiger partial charge in [0.1, 0.15) is 0 Å². The average molecular weight is 275 g/mol. The lowest BCUT2D eigenvalue weighted by molar-refractivity contribution is -0.668. The zero-order valence-corrected chi connectivity index (χ0v) is 10.8. The first-order valence-corrected chi connectivity index (χ1v) is 7.28. The van der Waals surface area contributed by atoms with Gasteiger partial charge in [-0.1, -0.05) is 0 Å². The number of rotatable bonds is 5. The maximum Gasteiger partial charge on any atom is 0.528 e. The Labute approximate surface area is 98.3 Å². The van der Waals surface area contributed by atoms with Gasteiger partial charge in [0, 0.05) is 0 Å². The third kappa shape index (κ3) is 7.01. The van der Waals surface area contributed by atoms with Gasteiger partial charge in [-0.05, 0) is 6.42 Å². The Kier molecular flexibility index (Phi) is 5.96. The summed E-state index contributed by atoms with van der Waals surface area (Å²) in [6.45, 7) is -0.0593. The first-order chi connectivity index (χ1) is 6.69. The minimum atomic E-state index is -3.99. The highest BCUT2D eigenvalue weighted by atomic mass is 33.1. The van der Waals surface area contributed by atoms with E-state index in [-0.39, 0.29) is 16.9 Å². The number of ether oxygens (including phenoxy) is 1. The molecule has 0 bridgehead atoms. The van der Waals surface area contributed by atoms with Gasteiger partial charge in [-0.25, -0.2) is 0 Å². The summed E-state index contributed by atoms with van der Waals surface area (Å²) in [5, 5.41) is 0. The molecule has 0 rings (SSSR count). The third-order valence-electron chi connectivity index (χ3n) is 1.40. The molecule has 0 aromatic heterocycles. The molecule has 0 fully saturated rings. The quantitative estimate of drug-likeness (QED) is 0.267. The van der Waals surface area contributed by atoms with E-state index in [0.29, 0.717) is 0 Å². The van der Waals surface area contributed by atoms with Crippen LogP contribution < -0.4 is 0 Å². The summed E-state index contributed by atoms with van der Waals surface area (Å²) >= 11 is 4.65. The SMILES string of the molecule is C[N+](C)(S[S])C(=O)OCCCS(=O)(=O)O. The van der Waals surface area contributed by atoms with Crippen molar-refractivity contribution in [2.24, 2.45) is 0 Å². The number of nitrogens with zero attached hydrogens (tertiary/aromatic N) is 1. The smallest absolute Gasteiger partial charge is 0.419 e. The fraction of sp³-hybridized carbons (Fsp3) is 0.833. The Hall–Kier alpha value is 0.0400. The Morgan fingerprint density at radius 2 is 2.07 bits per heavy atom. The summed E-state index contributed by atoms with van der Waals surface area (Å²) in [6, 6.07) is 0. The van der Waals surface area contributed by atoms with E-state index in [1.165, 1.54) is 0 Å². The Morgan fingerprint density at radius 1 is 1.53 bits per heavy atom. The monoisotopic (exact) mass is 275 g/mol. The van der Waals surface area contributed by atoms with E-state index in [2.05, 4.69) is 11.7 Å². The zero-order chi connectivity index (χ0) is 12.1. The normalized spacial score (nSPS) is 12.5. The van der Waals surface area contributed by atoms with Crippen LogP contribution in [0.25, 0.3) is 0 Å². The van der Waals surface area contributed by atoms with Crippen LogP contribution in [-0.4, -0.2) is 49.4 Å². The van der Waals surface area contributed by atoms with Crippen molar-refractivity contribution in [2.75, 3.05) is 26.5 Å². The number of hydrogen-bond donors (Lipinski definition) is 1. The molecule has 0 saturated carbocycles. The third-order valence-corrected chi connectivity index (χ3v) is 3.84. The van der Waals surface area contributed by atoms with Gasteiger partial charge in [0.25, 0.3) is 10.1 Å². The molecular weight excluding hydrogens is 262 g/mol. The van der Waals surface area contributed by atoms with Crippen LogP contribution in [0, 0.1) is 0 Å². The van der Waals surface area contributed by atoms with Crippen molar-refractivity contribution in [3.05, 3.63) is 0 Å². The molecular formula is C6H13NO5S3+. The first kappa shape index (κ1) is 15.0. The van der Waals surface area contributed by atoms with E-state index in [1.54, 1.807) is 14.1 Å². The van der Waals surface area contributed by atoms with Gasteiger partial charge in [0.2, 0.25) is 0 Å². The van der Waals surface area contributed by atoms with Crippen molar-refractivity contribution in [2.45, 2.75) is 6.42 Å². The van der Waals surface area contributed by atoms with Gasteiger partial charge in [-0.3, -0.25) is 4.55 Å². The topological polar surface area (TPSA) is 80.7 Å². The van der Waals surface area contributed by atoms with Gasteiger partial charge >= 0.3 is 6.09 Å². The molecule has 15 heavy (non-hydrogen) atoms. The molecule has 0 spiro atoms. The lowest BCUT2D eigenvalue weighted by Gasteiger charge is -2.18. The molecule has 0 aromatic rings. The van der Waals surface area contributed by atoms with Gasteiger partial charge in [0.05, 0.1) is 38.1 Å². The summed E-state index contributed by atoms with van der Waals surface area (Å²) in [7, 11) is 0.00879. The van der Waals surface area contributed by atoms with Crippen LogP contribution in [0.4, 0.5) is 4.79 Å². The minimum absolute atomic E-state index is 0.0593. The summed E-state index contributed by atoms with van der Waals surface area (Å²) in [5.74, 6) is -0.422.